The van der Waals surface area contributed by atoms with Gasteiger partial charge in [0.05, 0.1) is 12.0 Å². The van der Waals surface area contributed by atoms with E-state index in [9.17, 15) is 34.5 Å². The monoisotopic (exact) mass is 544 g/mol. The van der Waals surface area contributed by atoms with Crippen LogP contribution in [0.5, 0.6) is 11.5 Å². The van der Waals surface area contributed by atoms with Crippen LogP contribution in [0.25, 0.3) is 0 Å². The topological polar surface area (TPSA) is 163 Å². The van der Waals surface area contributed by atoms with E-state index in [0.717, 1.165) is 33.7 Å². The molecule has 1 saturated heterocycles. The number of hydrogen-bond donors (Lipinski definition) is 4. The second-order valence-electron chi connectivity index (χ2n) is 7.62. The van der Waals surface area contributed by atoms with Crippen LogP contribution in [0.2, 0.25) is 0 Å². The van der Waals surface area contributed by atoms with Gasteiger partial charge in [-0.15, -0.1) is 23.1 Å². The van der Waals surface area contributed by atoms with Gasteiger partial charge < -0.3 is 31.5 Å². The average molecular weight is 545 g/mol. The molecule has 1 aromatic carbocycles. The van der Waals surface area contributed by atoms with Gasteiger partial charge in [-0.1, -0.05) is 6.07 Å². The Bertz CT molecular complexity index is 1240. The van der Waals surface area contributed by atoms with E-state index in [1.807, 2.05) is 5.38 Å². The Morgan fingerprint density at radius 1 is 1.25 bits per heavy atom. The number of methoxy groups -OCH3 is 1. The Balaban J connectivity index is 0.00000241. The summed E-state index contributed by atoms with van der Waals surface area (Å²) in [5, 5.41) is 32.3. The predicted molar refractivity (Wildman–Crippen MR) is 125 cm³/mol. The van der Waals surface area contributed by atoms with E-state index >= 15 is 0 Å². The molecule has 0 saturated carbocycles. The number of rotatable bonds is 8. The summed E-state index contributed by atoms with van der Waals surface area (Å²) in [5.74, 6) is -4.27. The van der Waals surface area contributed by atoms with Gasteiger partial charge in [-0.3, -0.25) is 14.5 Å². The quantitative estimate of drug-likeness (QED) is 0.1000. The molecule has 1 fully saturated rings. The van der Waals surface area contributed by atoms with Crippen LogP contribution in [-0.4, -0.2) is 74.5 Å². The van der Waals surface area contributed by atoms with Crippen molar-refractivity contribution in [2.24, 2.45) is 0 Å². The number of phenols is 2. The molecule has 2 amide bonds. The van der Waals surface area contributed by atoms with Crippen molar-refractivity contribution in [3.63, 3.8) is 0 Å². The summed E-state index contributed by atoms with van der Waals surface area (Å²) in [6.07, 6.45) is 0.0447. The first-order valence-corrected chi connectivity index (χ1v) is 12.1. The average Bonchev–Trinajstić information content (AvgIpc) is 3.34. The van der Waals surface area contributed by atoms with Crippen LogP contribution in [0.1, 0.15) is 16.7 Å². The molecule has 4 N–H and O–H groups in total. The normalized spacial score (nSPS) is 20.6. The molecule has 0 spiro atoms. The zero-order chi connectivity index (χ0) is 25.3. The Morgan fingerprint density at radius 2 is 2.00 bits per heavy atom. The number of thioether (sulfide) groups is 1. The van der Waals surface area contributed by atoms with Gasteiger partial charge in [0.25, 0.3) is 11.6 Å². The van der Waals surface area contributed by atoms with Gasteiger partial charge in [0, 0.05) is 23.3 Å². The maximum atomic E-state index is 13.1. The van der Waals surface area contributed by atoms with Crippen LogP contribution in [0.4, 0.5) is 0 Å². The number of ether oxygens (including phenoxy) is 2. The van der Waals surface area contributed by atoms with Crippen LogP contribution in [0, 0.1) is 0 Å². The number of benzene rings is 1. The Labute approximate surface area is 236 Å². The molecule has 186 valence electrons. The maximum absolute atomic E-state index is 13.1. The van der Waals surface area contributed by atoms with Crippen molar-refractivity contribution < 1.29 is 75.0 Å². The van der Waals surface area contributed by atoms with Gasteiger partial charge in [-0.2, -0.15) is 0 Å². The van der Waals surface area contributed by atoms with Gasteiger partial charge >= 0.3 is 41.5 Å². The summed E-state index contributed by atoms with van der Waals surface area (Å²) in [4.78, 5) is 51.8. The Kier molecular flexibility index (Phi) is 8.75. The molecule has 4 rings (SSSR count). The van der Waals surface area contributed by atoms with Crippen molar-refractivity contribution in [3.8, 4) is 11.5 Å². The minimum Gasteiger partial charge on any atom is -1.00 e. The number of carbonyl (C=O) groups is 4. The second-order valence-corrected chi connectivity index (χ2v) is 9.72. The number of phenolic OH excluding ortho intramolecular Hbond substituents is 2. The first kappa shape index (κ1) is 28.0. The van der Waals surface area contributed by atoms with Crippen molar-refractivity contribution in [1.29, 1.82) is 0 Å². The molecule has 1 aromatic heterocycles. The SMILES string of the molecule is COC1(NC(=O)Cc2cccs2)C(=O)N2C(C(=O)O)=C(COC(=O)c3ccc(O)c(O)c3)CS[C@@H]21.[H-].[Na+]. The number of hydrogen-bond acceptors (Lipinski definition) is 10. The number of nitrogens with one attached hydrogen (secondary N) is 1. The fraction of sp³-hybridized carbons (Fsp3) is 0.273. The third-order valence-corrected chi connectivity index (χ3v) is 7.71. The first-order valence-electron chi connectivity index (χ1n) is 10.2. The number of aromatic hydroxyl groups is 2. The van der Waals surface area contributed by atoms with Gasteiger partial charge in [0.2, 0.25) is 5.91 Å². The van der Waals surface area contributed by atoms with Gasteiger partial charge in [-0.25, -0.2) is 9.59 Å². The minimum absolute atomic E-state index is 0. The fourth-order valence-electron chi connectivity index (χ4n) is 3.76. The van der Waals surface area contributed by atoms with E-state index in [0.29, 0.717) is 0 Å². The van der Waals surface area contributed by atoms with Crippen LogP contribution in [0.3, 0.4) is 0 Å². The zero-order valence-electron chi connectivity index (χ0n) is 20.2. The largest absolute Gasteiger partial charge is 1.00 e. The number of carboxylic acid groups (broad SMARTS) is 1. The number of aliphatic carboxylic acids is 1. The predicted octanol–water partition coefficient (Wildman–Crippen LogP) is -1.61. The van der Waals surface area contributed by atoms with E-state index in [1.54, 1.807) is 12.1 Å². The van der Waals surface area contributed by atoms with Gasteiger partial charge in [0.1, 0.15) is 17.7 Å². The number of fused-ring (bicyclic) bond motifs is 1. The van der Waals surface area contributed by atoms with E-state index in [4.69, 9.17) is 9.47 Å². The third-order valence-electron chi connectivity index (χ3n) is 5.46. The number of β-lactam (4-membered cyclic amide) rings is 1. The van der Waals surface area contributed by atoms with E-state index in [1.165, 1.54) is 24.5 Å². The number of amides is 2. The number of carbonyl (C=O) groups excluding carboxylic acids is 3. The van der Waals surface area contributed by atoms with Crippen molar-refractivity contribution in [2.75, 3.05) is 19.5 Å². The molecule has 0 radical (unpaired) electrons. The molecule has 2 aliphatic heterocycles. The van der Waals surface area contributed by atoms with E-state index < -0.39 is 53.0 Å². The Morgan fingerprint density at radius 3 is 2.61 bits per heavy atom. The van der Waals surface area contributed by atoms with Gasteiger partial charge in [0.15, 0.2) is 11.5 Å². The molecule has 3 heterocycles. The molecular weight excluding hydrogens is 523 g/mol. The second kappa shape index (κ2) is 11.2. The summed E-state index contributed by atoms with van der Waals surface area (Å²) in [5.41, 5.74) is -1.93. The van der Waals surface area contributed by atoms with Crippen LogP contribution < -0.4 is 34.9 Å². The molecular formula is C22H21N2NaO9S2. The molecule has 2 aromatic rings. The first-order chi connectivity index (χ1) is 16.7. The molecule has 2 aliphatic rings. The smallest absolute Gasteiger partial charge is 1.00 e. The minimum atomic E-state index is -1.72. The number of esters is 1. The molecule has 0 bridgehead atoms. The van der Waals surface area contributed by atoms with Crippen molar-refractivity contribution in [2.45, 2.75) is 17.5 Å². The Hall–Kier alpha value is -2.55. The van der Waals surface area contributed by atoms with E-state index in [-0.39, 0.29) is 60.0 Å². The van der Waals surface area contributed by atoms with Crippen molar-refractivity contribution in [1.82, 2.24) is 10.2 Å². The third kappa shape index (κ3) is 5.12. The number of nitrogens with zero attached hydrogens (tertiary/aromatic N) is 1. The van der Waals surface area contributed by atoms with Crippen LogP contribution in [0.15, 0.2) is 47.0 Å². The molecule has 2 atom stereocenters. The fourth-order valence-corrected chi connectivity index (χ4v) is 5.89. The summed E-state index contributed by atoms with van der Waals surface area (Å²) in [6, 6.07) is 6.95. The van der Waals surface area contributed by atoms with Crippen molar-refractivity contribution >= 4 is 46.9 Å². The summed E-state index contributed by atoms with van der Waals surface area (Å²) < 4.78 is 10.6. The summed E-state index contributed by atoms with van der Waals surface area (Å²) >= 11 is 2.55. The molecule has 36 heavy (non-hydrogen) atoms. The summed E-state index contributed by atoms with van der Waals surface area (Å²) in [7, 11) is 1.26. The maximum Gasteiger partial charge on any atom is 1.00 e. The van der Waals surface area contributed by atoms with Gasteiger partial charge in [-0.05, 0) is 29.6 Å². The number of thiophene rings is 1. The molecule has 1 unspecified atom stereocenters. The van der Waals surface area contributed by atoms with Crippen LogP contribution >= 0.6 is 23.1 Å². The summed E-state index contributed by atoms with van der Waals surface area (Å²) in [6.45, 7) is -0.420. The molecule has 14 heteroatoms. The van der Waals surface area contributed by atoms with Crippen molar-refractivity contribution in [3.05, 3.63) is 57.4 Å². The van der Waals surface area contributed by atoms with Crippen LogP contribution in [-0.2, 0) is 30.3 Å². The molecule has 11 nitrogen and oxygen atoms in total. The number of carboxylic acids is 1. The van der Waals surface area contributed by atoms with E-state index in [2.05, 4.69) is 5.32 Å². The molecule has 0 aliphatic carbocycles. The zero-order valence-corrected chi connectivity index (χ0v) is 22.9. The standard InChI is InChI=1S/C22H20N2O9S2.Na.H/c1-32-22(23-16(27)8-13-3-2-6-34-13)20(31)24-17(18(28)29)12(10-35-21(22)24)9-33-19(30)11-4-5-14(25)15(26)7-11;;/h2-7,21,25-26H,8-10H2,1H3,(H,23,27)(H,28,29);;/q;+1;-1/t21-,22?;;/m1../s1.